The van der Waals surface area contributed by atoms with Gasteiger partial charge in [-0.15, -0.1) is 0 Å². The maximum absolute atomic E-state index is 11.9. The van der Waals surface area contributed by atoms with Crippen molar-refractivity contribution in [3.05, 3.63) is 57.5 Å². The Kier molecular flexibility index (Phi) is 5.20. The molecule has 0 radical (unpaired) electrons. The van der Waals surface area contributed by atoms with Crippen LogP contribution in [-0.4, -0.2) is 12.5 Å². The predicted octanol–water partition coefficient (Wildman–Crippen LogP) is 4.02. The lowest BCUT2D eigenvalue weighted by molar-refractivity contribution is -0.114. The first kappa shape index (κ1) is 15.4. The highest BCUT2D eigenvalue weighted by atomic mass is 79.9. The predicted molar refractivity (Wildman–Crippen MR) is 87.4 cm³/mol. The molecule has 106 valence electrons. The Morgan fingerprint density at radius 2 is 1.95 bits per heavy atom. The number of hydrogen-bond acceptors (Lipinski definition) is 3. The van der Waals surface area contributed by atoms with E-state index < -0.39 is 0 Å². The second-order valence-corrected chi connectivity index (χ2v) is 5.56. The molecule has 2 rings (SSSR count). The third-order valence-corrected chi connectivity index (χ3v) is 3.43. The molecule has 0 aromatic heterocycles. The zero-order chi connectivity index (χ0) is 15.2. The Hall–Kier alpha value is -2.03. The summed E-state index contributed by atoms with van der Waals surface area (Å²) in [5.41, 5.74) is 1.68. The average Bonchev–Trinajstić information content (AvgIpc) is 2.48. The van der Waals surface area contributed by atoms with Gasteiger partial charge in [-0.25, -0.2) is 0 Å². The minimum atomic E-state index is -0.207. The molecule has 0 unspecified atom stereocenters. The van der Waals surface area contributed by atoms with Crippen LogP contribution < -0.4 is 10.6 Å². The van der Waals surface area contributed by atoms with Crippen LogP contribution in [0.5, 0.6) is 0 Å². The summed E-state index contributed by atoms with van der Waals surface area (Å²) in [7, 11) is 0. The summed E-state index contributed by atoms with van der Waals surface area (Å²) in [6.45, 7) is 0.0467. The molecule has 6 heteroatoms. The summed E-state index contributed by atoms with van der Waals surface area (Å²) in [5.74, 6) is -0.207. The van der Waals surface area contributed by atoms with Crippen molar-refractivity contribution in [1.29, 1.82) is 5.26 Å². The van der Waals surface area contributed by atoms with Gasteiger partial charge < -0.3 is 10.6 Å². The van der Waals surface area contributed by atoms with Gasteiger partial charge in [0.15, 0.2) is 0 Å². The van der Waals surface area contributed by atoms with Gasteiger partial charge in [0.2, 0.25) is 5.91 Å². The molecule has 0 spiro atoms. The van der Waals surface area contributed by atoms with Crippen molar-refractivity contribution < 1.29 is 4.79 Å². The standard InChI is InChI=1S/C15H11BrClN3O/c16-11-2-5-13(6-3-11)20-15(21)9-19-14-7-12(17)4-1-10(14)8-18/h1-7,19H,9H2,(H,20,21). The summed E-state index contributed by atoms with van der Waals surface area (Å²) in [6.07, 6.45) is 0. The van der Waals surface area contributed by atoms with Gasteiger partial charge in [-0.1, -0.05) is 27.5 Å². The van der Waals surface area contributed by atoms with E-state index in [4.69, 9.17) is 16.9 Å². The largest absolute Gasteiger partial charge is 0.375 e. The van der Waals surface area contributed by atoms with E-state index in [0.717, 1.165) is 4.47 Å². The van der Waals surface area contributed by atoms with Gasteiger partial charge in [-0.05, 0) is 42.5 Å². The van der Waals surface area contributed by atoms with Crippen LogP contribution >= 0.6 is 27.5 Å². The molecule has 2 N–H and O–H groups in total. The van der Waals surface area contributed by atoms with Crippen molar-refractivity contribution in [2.45, 2.75) is 0 Å². The number of carbonyl (C=O) groups is 1. The first-order valence-corrected chi connectivity index (χ1v) is 7.24. The van der Waals surface area contributed by atoms with Gasteiger partial charge in [-0.2, -0.15) is 5.26 Å². The lowest BCUT2D eigenvalue weighted by atomic mass is 10.2. The SMILES string of the molecule is N#Cc1ccc(Cl)cc1NCC(=O)Nc1ccc(Br)cc1. The molecule has 2 aromatic carbocycles. The highest BCUT2D eigenvalue weighted by Gasteiger charge is 2.06. The van der Waals surface area contributed by atoms with E-state index >= 15 is 0 Å². The Bertz CT molecular complexity index is 695. The quantitative estimate of drug-likeness (QED) is 0.861. The third kappa shape index (κ3) is 4.48. The molecule has 0 fully saturated rings. The second-order valence-electron chi connectivity index (χ2n) is 4.21. The summed E-state index contributed by atoms with van der Waals surface area (Å²) in [4.78, 5) is 11.9. The van der Waals surface area contributed by atoms with Crippen molar-refractivity contribution >= 4 is 44.8 Å². The van der Waals surface area contributed by atoms with Crippen molar-refractivity contribution in [3.8, 4) is 6.07 Å². The van der Waals surface area contributed by atoms with E-state index in [2.05, 4.69) is 26.6 Å². The van der Waals surface area contributed by atoms with Crippen LogP contribution in [0, 0.1) is 11.3 Å². The molecule has 0 aliphatic heterocycles. The number of halogens is 2. The lowest BCUT2D eigenvalue weighted by Crippen LogP contribution is -2.22. The first-order chi connectivity index (χ1) is 10.1. The summed E-state index contributed by atoms with van der Waals surface area (Å²) >= 11 is 9.21. The molecule has 0 saturated carbocycles. The minimum Gasteiger partial charge on any atom is -0.375 e. The maximum Gasteiger partial charge on any atom is 0.243 e. The Balaban J connectivity index is 1.97. The number of benzene rings is 2. The van der Waals surface area contributed by atoms with E-state index in [1.807, 2.05) is 18.2 Å². The van der Waals surface area contributed by atoms with Gasteiger partial charge in [-0.3, -0.25) is 4.79 Å². The Labute approximate surface area is 135 Å². The van der Waals surface area contributed by atoms with Gasteiger partial charge in [0.1, 0.15) is 6.07 Å². The molecular formula is C15H11BrClN3O. The topological polar surface area (TPSA) is 64.9 Å². The zero-order valence-corrected chi connectivity index (χ0v) is 13.2. The number of anilines is 2. The van der Waals surface area contributed by atoms with Crippen LogP contribution in [0.2, 0.25) is 5.02 Å². The van der Waals surface area contributed by atoms with Gasteiger partial charge in [0.25, 0.3) is 0 Å². The van der Waals surface area contributed by atoms with E-state index in [-0.39, 0.29) is 12.5 Å². The van der Waals surface area contributed by atoms with Crippen LogP contribution in [0.15, 0.2) is 46.9 Å². The van der Waals surface area contributed by atoms with Gasteiger partial charge in [0.05, 0.1) is 17.8 Å². The molecule has 2 aromatic rings. The average molecular weight is 365 g/mol. The highest BCUT2D eigenvalue weighted by molar-refractivity contribution is 9.10. The molecule has 0 aliphatic rings. The van der Waals surface area contributed by atoms with Crippen LogP contribution in [0.4, 0.5) is 11.4 Å². The summed E-state index contributed by atoms with van der Waals surface area (Å²) in [5, 5.41) is 15.2. The van der Waals surface area contributed by atoms with Crippen LogP contribution in [0.25, 0.3) is 0 Å². The number of hydrogen-bond donors (Lipinski definition) is 2. The fraction of sp³-hybridized carbons (Fsp3) is 0.0667. The molecule has 1 amide bonds. The molecule has 4 nitrogen and oxygen atoms in total. The third-order valence-electron chi connectivity index (χ3n) is 2.67. The number of amides is 1. The van der Waals surface area contributed by atoms with Crippen molar-refractivity contribution in [3.63, 3.8) is 0 Å². The van der Waals surface area contributed by atoms with Gasteiger partial charge >= 0.3 is 0 Å². The molecule has 0 bridgehead atoms. The van der Waals surface area contributed by atoms with E-state index in [9.17, 15) is 4.79 Å². The summed E-state index contributed by atoms with van der Waals surface area (Å²) in [6, 6.07) is 14.2. The fourth-order valence-electron chi connectivity index (χ4n) is 1.67. The summed E-state index contributed by atoms with van der Waals surface area (Å²) < 4.78 is 0.941. The van der Waals surface area contributed by atoms with E-state index in [0.29, 0.717) is 22.0 Å². The van der Waals surface area contributed by atoms with E-state index in [1.54, 1.807) is 30.3 Å². The maximum atomic E-state index is 11.9. The fourth-order valence-corrected chi connectivity index (χ4v) is 2.11. The smallest absolute Gasteiger partial charge is 0.243 e. The minimum absolute atomic E-state index is 0.0467. The molecule has 0 atom stereocenters. The number of carbonyl (C=O) groups excluding carboxylic acids is 1. The van der Waals surface area contributed by atoms with Gasteiger partial charge in [0, 0.05) is 15.2 Å². The monoisotopic (exact) mass is 363 g/mol. The second kappa shape index (κ2) is 7.11. The molecule has 21 heavy (non-hydrogen) atoms. The van der Waals surface area contributed by atoms with Crippen molar-refractivity contribution in [1.82, 2.24) is 0 Å². The lowest BCUT2D eigenvalue weighted by Gasteiger charge is -2.09. The number of nitrogens with one attached hydrogen (secondary N) is 2. The first-order valence-electron chi connectivity index (χ1n) is 6.07. The Morgan fingerprint density at radius 1 is 1.24 bits per heavy atom. The molecule has 0 heterocycles. The van der Waals surface area contributed by atoms with Crippen molar-refractivity contribution in [2.24, 2.45) is 0 Å². The zero-order valence-electron chi connectivity index (χ0n) is 10.9. The van der Waals surface area contributed by atoms with E-state index in [1.165, 1.54) is 0 Å². The highest BCUT2D eigenvalue weighted by Crippen LogP contribution is 2.20. The Morgan fingerprint density at radius 3 is 2.62 bits per heavy atom. The number of rotatable bonds is 4. The number of nitrogens with zero attached hydrogens (tertiary/aromatic N) is 1. The number of nitriles is 1. The van der Waals surface area contributed by atoms with Crippen molar-refractivity contribution in [2.75, 3.05) is 17.2 Å². The molecule has 0 saturated heterocycles. The molecular weight excluding hydrogens is 354 g/mol. The molecule has 0 aliphatic carbocycles. The van der Waals surface area contributed by atoms with Crippen LogP contribution in [0.3, 0.4) is 0 Å². The van der Waals surface area contributed by atoms with Crippen LogP contribution in [0.1, 0.15) is 5.56 Å². The normalized spacial score (nSPS) is 9.76. The van der Waals surface area contributed by atoms with Crippen LogP contribution in [-0.2, 0) is 4.79 Å².